The van der Waals surface area contributed by atoms with Crippen LogP contribution in [0, 0.1) is 10.1 Å². The summed E-state index contributed by atoms with van der Waals surface area (Å²) in [6.07, 6.45) is 2.42. The maximum Gasteiger partial charge on any atom is 0.271 e. The van der Waals surface area contributed by atoms with Crippen LogP contribution in [0.3, 0.4) is 0 Å². The summed E-state index contributed by atoms with van der Waals surface area (Å²) < 4.78 is 25.8. The van der Waals surface area contributed by atoms with E-state index in [1.165, 1.54) is 40.9 Å². The molecule has 3 rings (SSSR count). The summed E-state index contributed by atoms with van der Waals surface area (Å²) in [7, 11) is -3.54. The molecule has 3 aromatic rings. The monoisotopic (exact) mass is 452 g/mol. The molecule has 0 unspecified atom stereocenters. The molecule has 0 saturated carbocycles. The lowest BCUT2D eigenvalue weighted by atomic mass is 10.2. The minimum absolute atomic E-state index is 0.0817. The third kappa shape index (κ3) is 5.99. The van der Waals surface area contributed by atoms with E-state index >= 15 is 0 Å². The van der Waals surface area contributed by atoms with E-state index in [9.17, 15) is 23.3 Å². The summed E-state index contributed by atoms with van der Waals surface area (Å²) in [5.41, 5.74) is 4.25. The maximum absolute atomic E-state index is 12.3. The van der Waals surface area contributed by atoms with Crippen molar-refractivity contribution in [3.8, 4) is 0 Å². The van der Waals surface area contributed by atoms with Crippen LogP contribution < -0.4 is 9.73 Å². The normalized spacial score (nSPS) is 11.3. The number of carbonyl (C=O) groups is 1. The zero-order chi connectivity index (χ0) is 23.1. The predicted molar refractivity (Wildman–Crippen MR) is 122 cm³/mol. The highest BCUT2D eigenvalue weighted by Gasteiger charge is 2.18. The van der Waals surface area contributed by atoms with Crippen LogP contribution in [0.2, 0.25) is 0 Å². The van der Waals surface area contributed by atoms with Gasteiger partial charge in [0.2, 0.25) is 10.0 Å². The molecule has 0 saturated heterocycles. The van der Waals surface area contributed by atoms with Gasteiger partial charge in [-0.25, -0.2) is 13.8 Å². The van der Waals surface area contributed by atoms with Crippen LogP contribution in [-0.4, -0.2) is 31.7 Å². The number of nitro groups is 1. The molecule has 1 amide bonds. The van der Waals surface area contributed by atoms with Crippen molar-refractivity contribution >= 4 is 33.5 Å². The molecule has 0 atom stereocenters. The van der Waals surface area contributed by atoms with Crippen LogP contribution in [0.25, 0.3) is 0 Å². The molecule has 0 aromatic heterocycles. The third-order valence-electron chi connectivity index (χ3n) is 4.45. The Morgan fingerprint density at radius 3 is 2.38 bits per heavy atom. The Morgan fingerprint density at radius 2 is 1.75 bits per heavy atom. The molecular weight excluding hydrogens is 432 g/mol. The smallest absolute Gasteiger partial charge is 0.267 e. The summed E-state index contributed by atoms with van der Waals surface area (Å²) in [6.45, 7) is 0.165. The number of hydrogen-bond acceptors (Lipinski definition) is 6. The van der Waals surface area contributed by atoms with Gasteiger partial charge in [0.25, 0.3) is 11.6 Å². The Hall–Kier alpha value is -4.05. The van der Waals surface area contributed by atoms with E-state index in [2.05, 4.69) is 10.5 Å². The Labute approximate surface area is 185 Å². The zero-order valence-electron chi connectivity index (χ0n) is 17.1. The van der Waals surface area contributed by atoms with E-state index in [-0.39, 0.29) is 17.8 Å². The van der Waals surface area contributed by atoms with Gasteiger partial charge >= 0.3 is 0 Å². The van der Waals surface area contributed by atoms with Crippen molar-refractivity contribution in [1.29, 1.82) is 0 Å². The molecule has 0 aliphatic carbocycles. The number of benzene rings is 3. The van der Waals surface area contributed by atoms with Gasteiger partial charge in [-0.3, -0.25) is 19.2 Å². The van der Waals surface area contributed by atoms with Gasteiger partial charge in [-0.05, 0) is 29.8 Å². The molecule has 10 heteroatoms. The summed E-state index contributed by atoms with van der Waals surface area (Å²) >= 11 is 0. The number of anilines is 1. The lowest BCUT2D eigenvalue weighted by Crippen LogP contribution is -2.29. The average molecular weight is 452 g/mol. The standard InChI is InChI=1S/C22H20N4O5S/c1-32(30,31)25(16-17-6-3-2-4-7-17)20-12-10-19(11-13-20)22(27)24-23-15-18-8-5-9-21(14-18)26(28)29/h2-15H,16H2,1H3,(H,24,27)/b23-15+. The van der Waals surface area contributed by atoms with Crippen LogP contribution in [0.15, 0.2) is 84.0 Å². The maximum atomic E-state index is 12.3. The minimum atomic E-state index is -3.54. The first-order valence-corrected chi connectivity index (χ1v) is 11.3. The number of sulfonamides is 1. The molecular formula is C22H20N4O5S. The molecule has 0 aliphatic heterocycles. The summed E-state index contributed by atoms with van der Waals surface area (Å²) in [6, 6.07) is 21.1. The van der Waals surface area contributed by atoms with Gasteiger partial charge < -0.3 is 0 Å². The molecule has 3 aromatic carbocycles. The molecule has 0 spiro atoms. The number of nitrogens with zero attached hydrogens (tertiary/aromatic N) is 3. The van der Waals surface area contributed by atoms with Gasteiger partial charge in [0.15, 0.2) is 0 Å². The Morgan fingerprint density at radius 1 is 1.06 bits per heavy atom. The molecule has 1 N–H and O–H groups in total. The number of non-ortho nitro benzene ring substituents is 1. The SMILES string of the molecule is CS(=O)(=O)N(Cc1ccccc1)c1ccc(C(=O)N/N=C/c2cccc([N+](=O)[O-])c2)cc1. The molecule has 9 nitrogen and oxygen atoms in total. The number of hydrogen-bond donors (Lipinski definition) is 1. The van der Waals surface area contributed by atoms with Gasteiger partial charge in [-0.2, -0.15) is 5.10 Å². The fraction of sp³-hybridized carbons (Fsp3) is 0.0909. The van der Waals surface area contributed by atoms with Gasteiger partial charge in [0.1, 0.15) is 0 Å². The average Bonchev–Trinajstić information content (AvgIpc) is 2.78. The first-order chi connectivity index (χ1) is 15.2. The highest BCUT2D eigenvalue weighted by Crippen LogP contribution is 2.21. The first kappa shape index (κ1) is 22.6. The number of nitro benzene ring substituents is 1. The van der Waals surface area contributed by atoms with E-state index in [0.717, 1.165) is 11.8 Å². The molecule has 0 radical (unpaired) electrons. The Kier molecular flexibility index (Phi) is 6.96. The molecule has 32 heavy (non-hydrogen) atoms. The van der Waals surface area contributed by atoms with Crippen molar-refractivity contribution in [1.82, 2.24) is 5.43 Å². The van der Waals surface area contributed by atoms with Crippen LogP contribution in [0.4, 0.5) is 11.4 Å². The molecule has 0 fully saturated rings. The lowest BCUT2D eigenvalue weighted by Gasteiger charge is -2.22. The van der Waals surface area contributed by atoms with Gasteiger partial charge in [0, 0.05) is 23.3 Å². The van der Waals surface area contributed by atoms with Crippen LogP contribution >= 0.6 is 0 Å². The summed E-state index contributed by atoms with van der Waals surface area (Å²) in [4.78, 5) is 22.6. The zero-order valence-corrected chi connectivity index (χ0v) is 17.9. The minimum Gasteiger partial charge on any atom is -0.267 e. The van der Waals surface area contributed by atoms with E-state index in [1.54, 1.807) is 18.2 Å². The van der Waals surface area contributed by atoms with Gasteiger partial charge in [-0.15, -0.1) is 0 Å². The molecule has 164 valence electrons. The molecule has 0 aliphatic rings. The van der Waals surface area contributed by atoms with Gasteiger partial charge in [0.05, 0.1) is 29.6 Å². The second-order valence-corrected chi connectivity index (χ2v) is 8.76. The fourth-order valence-electron chi connectivity index (χ4n) is 2.88. The van der Waals surface area contributed by atoms with E-state index < -0.39 is 20.9 Å². The van der Waals surface area contributed by atoms with Crippen molar-refractivity contribution < 1.29 is 18.1 Å². The molecule has 0 heterocycles. The first-order valence-electron chi connectivity index (χ1n) is 9.43. The van der Waals surface area contributed by atoms with Crippen molar-refractivity contribution in [3.63, 3.8) is 0 Å². The van der Waals surface area contributed by atoms with Crippen molar-refractivity contribution in [2.24, 2.45) is 5.10 Å². The quantitative estimate of drug-likeness (QED) is 0.319. The number of hydrazone groups is 1. The fourth-order valence-corrected chi connectivity index (χ4v) is 3.77. The van der Waals surface area contributed by atoms with E-state index in [1.807, 2.05) is 30.3 Å². The Bertz CT molecular complexity index is 1240. The third-order valence-corrected chi connectivity index (χ3v) is 5.59. The highest BCUT2D eigenvalue weighted by atomic mass is 32.2. The number of nitrogens with one attached hydrogen (secondary N) is 1. The van der Waals surface area contributed by atoms with Crippen molar-refractivity contribution in [3.05, 3.63) is 106 Å². The Balaban J connectivity index is 1.70. The van der Waals surface area contributed by atoms with Crippen molar-refractivity contribution in [2.75, 3.05) is 10.6 Å². The van der Waals surface area contributed by atoms with Crippen LogP contribution in [-0.2, 0) is 16.6 Å². The number of rotatable bonds is 8. The summed E-state index contributed by atoms with van der Waals surface area (Å²) in [5.74, 6) is -0.507. The highest BCUT2D eigenvalue weighted by molar-refractivity contribution is 7.92. The number of carbonyl (C=O) groups excluding carboxylic acids is 1. The number of amides is 1. The van der Waals surface area contributed by atoms with E-state index in [4.69, 9.17) is 0 Å². The lowest BCUT2D eigenvalue weighted by molar-refractivity contribution is -0.384. The summed E-state index contributed by atoms with van der Waals surface area (Å²) in [5, 5.41) is 14.6. The topological polar surface area (TPSA) is 122 Å². The predicted octanol–water partition coefficient (Wildman–Crippen LogP) is 3.32. The van der Waals surface area contributed by atoms with Crippen molar-refractivity contribution in [2.45, 2.75) is 6.54 Å². The largest absolute Gasteiger partial charge is 0.271 e. The van der Waals surface area contributed by atoms with Crippen LogP contribution in [0.5, 0.6) is 0 Å². The second kappa shape index (κ2) is 9.84. The molecule has 0 bridgehead atoms. The van der Waals surface area contributed by atoms with E-state index in [0.29, 0.717) is 11.3 Å². The van der Waals surface area contributed by atoms with Crippen LogP contribution in [0.1, 0.15) is 21.5 Å². The second-order valence-electron chi connectivity index (χ2n) is 6.85. The van der Waals surface area contributed by atoms with Gasteiger partial charge in [-0.1, -0.05) is 42.5 Å².